The first-order valence-corrected chi connectivity index (χ1v) is 7.94. The Morgan fingerprint density at radius 1 is 1.30 bits per heavy atom. The molecule has 1 saturated carbocycles. The molecule has 1 aliphatic rings. The molecule has 2 rings (SSSR count). The number of halogens is 1. The van der Waals surface area contributed by atoms with Crippen LogP contribution in [0.4, 0.5) is 4.79 Å². The molecule has 0 heterocycles. The number of benzene rings is 1. The molecule has 23 heavy (non-hydrogen) atoms. The standard InChI is InChI=1S/C16H18BrNO5/c1-16(2,3)23-15(22)18(12-8-11(12)14(20)21)13(19)9-5-4-6-10(17)7-9/h4-7,11-12H,8H2,1-3H3,(H,20,21). The van der Waals surface area contributed by atoms with Crippen molar-refractivity contribution in [2.45, 2.75) is 38.8 Å². The number of carboxylic acid groups (broad SMARTS) is 1. The van der Waals surface area contributed by atoms with Crippen molar-refractivity contribution in [3.63, 3.8) is 0 Å². The third-order valence-electron chi connectivity index (χ3n) is 3.29. The average molecular weight is 384 g/mol. The molecule has 0 radical (unpaired) electrons. The lowest BCUT2D eigenvalue weighted by atomic mass is 10.2. The number of carboxylic acids is 1. The normalized spacial score (nSPS) is 19.8. The first-order chi connectivity index (χ1) is 10.6. The smallest absolute Gasteiger partial charge is 0.417 e. The van der Waals surface area contributed by atoms with Crippen molar-refractivity contribution in [3.05, 3.63) is 34.3 Å². The summed E-state index contributed by atoms with van der Waals surface area (Å²) in [4.78, 5) is 37.1. The number of carbonyl (C=O) groups is 3. The van der Waals surface area contributed by atoms with Crippen molar-refractivity contribution in [2.24, 2.45) is 5.92 Å². The van der Waals surface area contributed by atoms with Crippen molar-refractivity contribution >= 4 is 33.9 Å². The molecule has 0 aliphatic heterocycles. The van der Waals surface area contributed by atoms with E-state index < -0.39 is 35.5 Å². The van der Waals surface area contributed by atoms with Gasteiger partial charge in [-0.3, -0.25) is 9.59 Å². The Kier molecular flexibility index (Phi) is 4.79. The minimum atomic E-state index is -1.02. The van der Waals surface area contributed by atoms with Crippen molar-refractivity contribution in [1.82, 2.24) is 4.90 Å². The highest BCUT2D eigenvalue weighted by atomic mass is 79.9. The number of hydrogen-bond donors (Lipinski definition) is 1. The van der Waals surface area contributed by atoms with Crippen LogP contribution in [0.2, 0.25) is 0 Å². The monoisotopic (exact) mass is 383 g/mol. The summed E-state index contributed by atoms with van der Waals surface area (Å²) in [5, 5.41) is 9.09. The molecule has 1 aromatic carbocycles. The molecule has 7 heteroatoms. The molecule has 1 N–H and O–H groups in total. The van der Waals surface area contributed by atoms with Gasteiger partial charge in [0.15, 0.2) is 0 Å². The summed E-state index contributed by atoms with van der Waals surface area (Å²) >= 11 is 3.27. The number of ether oxygens (including phenoxy) is 1. The third kappa shape index (κ3) is 4.31. The highest BCUT2D eigenvalue weighted by molar-refractivity contribution is 9.10. The van der Waals surface area contributed by atoms with Gasteiger partial charge in [-0.2, -0.15) is 0 Å². The van der Waals surface area contributed by atoms with Crippen molar-refractivity contribution in [3.8, 4) is 0 Å². The predicted octanol–water partition coefficient (Wildman–Crippen LogP) is 3.30. The Balaban J connectivity index is 2.28. The second kappa shape index (κ2) is 6.31. The van der Waals surface area contributed by atoms with E-state index in [0.717, 1.165) is 4.90 Å². The Bertz CT molecular complexity index is 652. The van der Waals surface area contributed by atoms with E-state index in [2.05, 4.69) is 15.9 Å². The lowest BCUT2D eigenvalue weighted by molar-refractivity contribution is -0.138. The van der Waals surface area contributed by atoms with Crippen molar-refractivity contribution in [2.75, 3.05) is 0 Å². The van der Waals surface area contributed by atoms with Gasteiger partial charge in [-0.05, 0) is 45.4 Å². The SMILES string of the molecule is CC(C)(C)OC(=O)N(C(=O)c1cccc(Br)c1)C1CC1C(=O)O. The topological polar surface area (TPSA) is 83.9 Å². The summed E-state index contributed by atoms with van der Waals surface area (Å²) in [7, 11) is 0. The van der Waals surface area contributed by atoms with E-state index >= 15 is 0 Å². The quantitative estimate of drug-likeness (QED) is 0.865. The van der Waals surface area contributed by atoms with Crippen LogP contribution in [-0.4, -0.2) is 39.6 Å². The number of nitrogens with zero attached hydrogens (tertiary/aromatic N) is 1. The lowest BCUT2D eigenvalue weighted by Crippen LogP contribution is -2.43. The zero-order valence-corrected chi connectivity index (χ0v) is 14.7. The molecule has 0 saturated heterocycles. The van der Waals surface area contributed by atoms with E-state index in [-0.39, 0.29) is 6.42 Å². The zero-order valence-electron chi connectivity index (χ0n) is 13.1. The summed E-state index contributed by atoms with van der Waals surface area (Å²) in [5.41, 5.74) is -0.484. The van der Waals surface area contributed by atoms with Gasteiger partial charge in [-0.1, -0.05) is 22.0 Å². The van der Waals surface area contributed by atoms with Gasteiger partial charge in [-0.15, -0.1) is 0 Å². The molecule has 124 valence electrons. The van der Waals surface area contributed by atoms with Gasteiger partial charge < -0.3 is 9.84 Å². The maximum Gasteiger partial charge on any atom is 0.417 e. The fraction of sp³-hybridized carbons (Fsp3) is 0.438. The van der Waals surface area contributed by atoms with Crippen molar-refractivity contribution < 1.29 is 24.2 Å². The number of rotatable bonds is 3. The largest absolute Gasteiger partial charge is 0.481 e. The summed E-state index contributed by atoms with van der Waals surface area (Å²) in [6, 6.07) is 5.91. The highest BCUT2D eigenvalue weighted by Crippen LogP contribution is 2.37. The van der Waals surface area contributed by atoms with Crippen LogP contribution < -0.4 is 0 Å². The van der Waals surface area contributed by atoms with Gasteiger partial charge in [0.2, 0.25) is 0 Å². The second-order valence-electron chi connectivity index (χ2n) is 6.41. The molecule has 2 unspecified atom stereocenters. The van der Waals surface area contributed by atoms with Gasteiger partial charge in [-0.25, -0.2) is 9.69 Å². The van der Waals surface area contributed by atoms with Crippen LogP contribution in [0.5, 0.6) is 0 Å². The van der Waals surface area contributed by atoms with E-state index in [1.165, 1.54) is 0 Å². The third-order valence-corrected chi connectivity index (χ3v) is 3.78. The number of amides is 2. The van der Waals surface area contributed by atoms with E-state index in [4.69, 9.17) is 9.84 Å². The number of imide groups is 1. The van der Waals surface area contributed by atoms with Gasteiger partial charge in [0.05, 0.1) is 12.0 Å². The van der Waals surface area contributed by atoms with Crippen LogP contribution in [0.25, 0.3) is 0 Å². The number of hydrogen-bond acceptors (Lipinski definition) is 4. The van der Waals surface area contributed by atoms with E-state index in [1.54, 1.807) is 45.0 Å². The average Bonchev–Trinajstić information content (AvgIpc) is 3.17. The van der Waals surface area contributed by atoms with Crippen LogP contribution in [0.1, 0.15) is 37.6 Å². The number of carbonyl (C=O) groups excluding carboxylic acids is 2. The first-order valence-electron chi connectivity index (χ1n) is 7.15. The molecule has 2 atom stereocenters. The predicted molar refractivity (Wildman–Crippen MR) is 86.1 cm³/mol. The molecule has 1 fully saturated rings. The van der Waals surface area contributed by atoms with Gasteiger partial charge >= 0.3 is 12.1 Å². The molecule has 2 amide bonds. The summed E-state index contributed by atoms with van der Waals surface area (Å²) in [6.45, 7) is 5.07. The van der Waals surface area contributed by atoms with E-state index in [1.807, 2.05) is 0 Å². The lowest BCUT2D eigenvalue weighted by Gasteiger charge is -2.26. The summed E-state index contributed by atoms with van der Waals surface area (Å²) in [5.74, 6) is -2.32. The van der Waals surface area contributed by atoms with Gasteiger partial charge in [0, 0.05) is 10.0 Å². The molecule has 0 bridgehead atoms. The van der Waals surface area contributed by atoms with Crippen LogP contribution in [0, 0.1) is 5.92 Å². The summed E-state index contributed by atoms with van der Waals surface area (Å²) in [6.07, 6.45) is -0.579. The molecule has 6 nitrogen and oxygen atoms in total. The highest BCUT2D eigenvalue weighted by Gasteiger charge is 2.52. The molecular weight excluding hydrogens is 366 g/mol. The maximum atomic E-state index is 12.7. The molecular formula is C16H18BrNO5. The minimum Gasteiger partial charge on any atom is -0.481 e. The van der Waals surface area contributed by atoms with Gasteiger partial charge in [0.1, 0.15) is 5.60 Å². The van der Waals surface area contributed by atoms with Crippen LogP contribution in [0.15, 0.2) is 28.7 Å². The second-order valence-corrected chi connectivity index (χ2v) is 7.33. The van der Waals surface area contributed by atoms with E-state index in [9.17, 15) is 14.4 Å². The van der Waals surface area contributed by atoms with Gasteiger partial charge in [0.25, 0.3) is 5.91 Å². The van der Waals surface area contributed by atoms with Crippen LogP contribution >= 0.6 is 15.9 Å². The molecule has 1 aliphatic carbocycles. The fourth-order valence-corrected chi connectivity index (χ4v) is 2.57. The van der Waals surface area contributed by atoms with E-state index in [0.29, 0.717) is 10.0 Å². The number of aliphatic carboxylic acids is 1. The first kappa shape index (κ1) is 17.5. The zero-order chi connectivity index (χ0) is 17.4. The fourth-order valence-electron chi connectivity index (χ4n) is 2.17. The Morgan fingerprint density at radius 2 is 1.96 bits per heavy atom. The van der Waals surface area contributed by atoms with Crippen molar-refractivity contribution in [1.29, 1.82) is 0 Å². The Morgan fingerprint density at radius 3 is 2.43 bits per heavy atom. The Labute approximate surface area is 142 Å². The maximum absolute atomic E-state index is 12.7. The molecule has 0 spiro atoms. The van der Waals surface area contributed by atoms with Crippen LogP contribution in [0.3, 0.4) is 0 Å². The Hall–Kier alpha value is -1.89. The molecule has 1 aromatic rings. The summed E-state index contributed by atoms with van der Waals surface area (Å²) < 4.78 is 5.96. The van der Waals surface area contributed by atoms with Crippen LogP contribution in [-0.2, 0) is 9.53 Å². The molecule has 0 aromatic heterocycles. The minimum absolute atomic E-state index is 0.244.